The number of hydrogen-bond acceptors (Lipinski definition) is 4. The van der Waals surface area contributed by atoms with E-state index in [-0.39, 0.29) is 0 Å². The number of pyridine rings is 2. The minimum Gasteiger partial charge on any atom is -0.481 e. The number of aromatic nitrogens is 2. The maximum atomic E-state index is 6.20. The number of halogens is 1. The molecule has 0 aliphatic carbocycles. The first-order valence-electron chi connectivity index (χ1n) is 6.54. The lowest BCUT2D eigenvalue weighted by atomic mass is 10.2. The first-order chi connectivity index (χ1) is 10.3. The van der Waals surface area contributed by atoms with E-state index in [4.69, 9.17) is 16.3 Å². The summed E-state index contributed by atoms with van der Waals surface area (Å²) in [6, 6.07) is 13.7. The summed E-state index contributed by atoms with van der Waals surface area (Å²) in [5.41, 5.74) is 1.04. The van der Waals surface area contributed by atoms with Gasteiger partial charge in [-0.1, -0.05) is 41.9 Å². The molecule has 0 spiro atoms. The van der Waals surface area contributed by atoms with Crippen LogP contribution in [-0.4, -0.2) is 17.1 Å². The minimum atomic E-state index is 0.503. The molecule has 0 saturated carbocycles. The Morgan fingerprint density at radius 2 is 2.05 bits per heavy atom. The highest BCUT2D eigenvalue weighted by Gasteiger charge is 2.04. The van der Waals surface area contributed by atoms with Crippen molar-refractivity contribution >= 4 is 28.2 Å². The number of ether oxygens (including phenoxy) is 1. The van der Waals surface area contributed by atoms with Gasteiger partial charge in [0.25, 0.3) is 0 Å². The molecule has 3 rings (SSSR count). The average molecular weight is 300 g/mol. The summed E-state index contributed by atoms with van der Waals surface area (Å²) in [4.78, 5) is 8.53. The van der Waals surface area contributed by atoms with Gasteiger partial charge >= 0.3 is 0 Å². The zero-order valence-corrected chi connectivity index (χ0v) is 12.3. The number of nitrogens with one attached hydrogen (secondary N) is 1. The molecule has 0 fully saturated rings. The Kier molecular flexibility index (Phi) is 3.88. The summed E-state index contributed by atoms with van der Waals surface area (Å²) in [6.45, 7) is 0.624. The Morgan fingerprint density at radius 3 is 2.81 bits per heavy atom. The van der Waals surface area contributed by atoms with E-state index in [0.29, 0.717) is 17.6 Å². The lowest BCUT2D eigenvalue weighted by Crippen LogP contribution is -2.02. The van der Waals surface area contributed by atoms with Crippen LogP contribution in [0.15, 0.2) is 48.7 Å². The van der Waals surface area contributed by atoms with Crippen molar-refractivity contribution in [2.75, 3.05) is 12.4 Å². The molecule has 1 aromatic carbocycles. The molecule has 106 valence electrons. The Labute approximate surface area is 127 Å². The third-order valence-electron chi connectivity index (χ3n) is 3.17. The zero-order valence-electron chi connectivity index (χ0n) is 11.5. The van der Waals surface area contributed by atoms with Crippen LogP contribution in [0, 0.1) is 0 Å². The first-order valence-corrected chi connectivity index (χ1v) is 6.92. The molecule has 5 heteroatoms. The van der Waals surface area contributed by atoms with E-state index >= 15 is 0 Å². The SMILES string of the molecule is COc1ccc(CNc2cc3ccccc3c(Cl)n2)cn1. The summed E-state index contributed by atoms with van der Waals surface area (Å²) in [5.74, 6) is 1.35. The molecule has 0 aliphatic heterocycles. The second kappa shape index (κ2) is 5.97. The quantitative estimate of drug-likeness (QED) is 0.742. The first kappa shape index (κ1) is 13.6. The van der Waals surface area contributed by atoms with E-state index in [1.54, 1.807) is 13.3 Å². The van der Waals surface area contributed by atoms with Crippen molar-refractivity contribution in [1.29, 1.82) is 0 Å². The smallest absolute Gasteiger partial charge is 0.212 e. The number of benzene rings is 1. The minimum absolute atomic E-state index is 0.503. The molecule has 2 aromatic heterocycles. The lowest BCUT2D eigenvalue weighted by molar-refractivity contribution is 0.397. The second-order valence-electron chi connectivity index (χ2n) is 4.58. The van der Waals surface area contributed by atoms with Crippen molar-refractivity contribution in [3.05, 3.63) is 59.4 Å². The fourth-order valence-electron chi connectivity index (χ4n) is 2.08. The normalized spacial score (nSPS) is 10.6. The van der Waals surface area contributed by atoms with Crippen molar-refractivity contribution in [2.24, 2.45) is 0 Å². The summed E-state index contributed by atoms with van der Waals surface area (Å²) < 4.78 is 5.03. The molecule has 1 N–H and O–H groups in total. The largest absolute Gasteiger partial charge is 0.481 e. The fraction of sp³-hybridized carbons (Fsp3) is 0.125. The van der Waals surface area contributed by atoms with Gasteiger partial charge in [0.15, 0.2) is 0 Å². The van der Waals surface area contributed by atoms with Crippen LogP contribution in [0.2, 0.25) is 5.15 Å². The number of hydrogen-bond donors (Lipinski definition) is 1. The Bertz CT molecular complexity index is 759. The third kappa shape index (κ3) is 3.06. The molecule has 0 bridgehead atoms. The van der Waals surface area contributed by atoms with Gasteiger partial charge in [-0.25, -0.2) is 9.97 Å². The molecular weight excluding hydrogens is 286 g/mol. The molecule has 0 atom stereocenters. The molecule has 0 amide bonds. The topological polar surface area (TPSA) is 47.0 Å². The molecule has 4 nitrogen and oxygen atoms in total. The highest BCUT2D eigenvalue weighted by Crippen LogP contribution is 2.24. The van der Waals surface area contributed by atoms with E-state index in [9.17, 15) is 0 Å². The molecule has 3 aromatic rings. The van der Waals surface area contributed by atoms with Crippen LogP contribution in [0.25, 0.3) is 10.8 Å². The lowest BCUT2D eigenvalue weighted by Gasteiger charge is -2.08. The molecule has 0 aliphatic rings. The molecule has 2 heterocycles. The van der Waals surface area contributed by atoms with Gasteiger partial charge in [0.2, 0.25) is 5.88 Å². The summed E-state index contributed by atoms with van der Waals surface area (Å²) in [5, 5.41) is 5.78. The number of rotatable bonds is 4. The zero-order chi connectivity index (χ0) is 14.7. The standard InChI is InChI=1S/C16H14ClN3O/c1-21-15-7-6-11(10-19-15)9-18-14-8-12-4-2-3-5-13(12)16(17)20-14/h2-8,10H,9H2,1H3,(H,18,20). The Morgan fingerprint density at radius 1 is 1.19 bits per heavy atom. The number of fused-ring (bicyclic) bond motifs is 1. The average Bonchev–Trinajstić information content (AvgIpc) is 2.53. The van der Waals surface area contributed by atoms with Crippen LogP contribution < -0.4 is 10.1 Å². The van der Waals surface area contributed by atoms with Gasteiger partial charge in [-0.2, -0.15) is 0 Å². The van der Waals surface area contributed by atoms with Gasteiger partial charge in [-0.15, -0.1) is 0 Å². The number of anilines is 1. The maximum Gasteiger partial charge on any atom is 0.212 e. The second-order valence-corrected chi connectivity index (χ2v) is 4.94. The predicted octanol–water partition coefficient (Wildman–Crippen LogP) is 3.90. The van der Waals surface area contributed by atoms with Crippen molar-refractivity contribution in [2.45, 2.75) is 6.54 Å². The van der Waals surface area contributed by atoms with Crippen LogP contribution in [0.4, 0.5) is 5.82 Å². The molecule has 0 saturated heterocycles. The van der Waals surface area contributed by atoms with Crippen molar-refractivity contribution in [3.63, 3.8) is 0 Å². The van der Waals surface area contributed by atoms with E-state index in [0.717, 1.165) is 22.2 Å². The monoisotopic (exact) mass is 299 g/mol. The van der Waals surface area contributed by atoms with Crippen LogP contribution in [0.3, 0.4) is 0 Å². The van der Waals surface area contributed by atoms with Crippen LogP contribution in [-0.2, 0) is 6.54 Å². The maximum absolute atomic E-state index is 6.20. The Balaban J connectivity index is 1.78. The van der Waals surface area contributed by atoms with Gasteiger partial charge in [-0.05, 0) is 17.0 Å². The summed E-state index contributed by atoms with van der Waals surface area (Å²) >= 11 is 6.20. The van der Waals surface area contributed by atoms with E-state index < -0.39 is 0 Å². The van der Waals surface area contributed by atoms with Gasteiger partial charge in [0.05, 0.1) is 7.11 Å². The van der Waals surface area contributed by atoms with Gasteiger partial charge in [0, 0.05) is 24.2 Å². The van der Waals surface area contributed by atoms with E-state index in [1.807, 2.05) is 42.5 Å². The summed E-state index contributed by atoms with van der Waals surface area (Å²) in [6.07, 6.45) is 1.77. The third-order valence-corrected chi connectivity index (χ3v) is 3.46. The van der Waals surface area contributed by atoms with E-state index in [2.05, 4.69) is 15.3 Å². The van der Waals surface area contributed by atoms with Gasteiger partial charge < -0.3 is 10.1 Å². The van der Waals surface area contributed by atoms with Crippen molar-refractivity contribution in [3.8, 4) is 5.88 Å². The van der Waals surface area contributed by atoms with Crippen LogP contribution in [0.5, 0.6) is 5.88 Å². The van der Waals surface area contributed by atoms with Gasteiger partial charge in [-0.3, -0.25) is 0 Å². The van der Waals surface area contributed by atoms with Crippen molar-refractivity contribution in [1.82, 2.24) is 9.97 Å². The molecule has 21 heavy (non-hydrogen) atoms. The van der Waals surface area contributed by atoms with Crippen molar-refractivity contribution < 1.29 is 4.74 Å². The molecule has 0 unspecified atom stereocenters. The highest BCUT2D eigenvalue weighted by atomic mass is 35.5. The van der Waals surface area contributed by atoms with E-state index in [1.165, 1.54) is 0 Å². The molecule has 0 radical (unpaired) electrons. The van der Waals surface area contributed by atoms with Crippen LogP contribution in [0.1, 0.15) is 5.56 Å². The number of methoxy groups -OCH3 is 1. The predicted molar refractivity (Wildman–Crippen MR) is 84.9 cm³/mol. The van der Waals surface area contributed by atoms with Crippen LogP contribution >= 0.6 is 11.6 Å². The van der Waals surface area contributed by atoms with Gasteiger partial charge in [0.1, 0.15) is 11.0 Å². The number of nitrogens with zero attached hydrogens (tertiary/aromatic N) is 2. The summed E-state index contributed by atoms with van der Waals surface area (Å²) in [7, 11) is 1.60. The highest BCUT2D eigenvalue weighted by molar-refractivity contribution is 6.34. The fourth-order valence-corrected chi connectivity index (χ4v) is 2.34. The Hall–Kier alpha value is -2.33. The molecular formula is C16H14ClN3O.